The van der Waals surface area contributed by atoms with Crippen LogP contribution in [0, 0.1) is 6.92 Å². The molecule has 0 aliphatic heterocycles. The first kappa shape index (κ1) is 16.5. The molecule has 6 heteroatoms. The van der Waals surface area contributed by atoms with Crippen LogP contribution in [-0.2, 0) is 6.54 Å². The Morgan fingerprint density at radius 1 is 1.17 bits per heavy atom. The second-order valence-electron chi connectivity index (χ2n) is 5.28. The van der Waals surface area contributed by atoms with Crippen molar-refractivity contribution in [2.24, 2.45) is 0 Å². The molecule has 0 atom stereocenters. The lowest BCUT2D eigenvalue weighted by molar-refractivity contribution is 0.102. The second-order valence-corrected chi connectivity index (χ2v) is 6.98. The van der Waals surface area contributed by atoms with Crippen molar-refractivity contribution in [3.05, 3.63) is 75.2 Å². The summed E-state index contributed by atoms with van der Waals surface area (Å²) in [6.07, 6.45) is 1.75. The first-order chi connectivity index (χ1) is 11.6. The van der Waals surface area contributed by atoms with Gasteiger partial charge in [0.25, 0.3) is 5.91 Å². The Labute approximate surface area is 149 Å². The fourth-order valence-electron chi connectivity index (χ4n) is 2.29. The smallest absolute Gasteiger partial charge is 0.255 e. The van der Waals surface area contributed by atoms with Gasteiger partial charge in [-0.2, -0.15) is 0 Å². The summed E-state index contributed by atoms with van der Waals surface area (Å²) in [7, 11) is 0. The van der Waals surface area contributed by atoms with Gasteiger partial charge in [-0.3, -0.25) is 4.79 Å². The van der Waals surface area contributed by atoms with Crippen molar-refractivity contribution < 1.29 is 4.79 Å². The molecule has 3 aromatic rings. The molecule has 0 radical (unpaired) electrons. The molecule has 0 aliphatic rings. The summed E-state index contributed by atoms with van der Waals surface area (Å²) in [6, 6.07) is 15.1. The van der Waals surface area contributed by atoms with Gasteiger partial charge in [0.05, 0.1) is 6.54 Å². The minimum atomic E-state index is -0.112. The van der Waals surface area contributed by atoms with Crippen molar-refractivity contribution in [2.45, 2.75) is 13.5 Å². The molecule has 1 heterocycles. The molecule has 24 heavy (non-hydrogen) atoms. The lowest BCUT2D eigenvalue weighted by Crippen LogP contribution is -2.13. The first-order valence-corrected chi connectivity index (χ1v) is 8.62. The maximum atomic E-state index is 12.4. The van der Waals surface area contributed by atoms with Crippen LogP contribution in [0.3, 0.4) is 0 Å². The number of rotatable bonds is 5. The number of anilines is 2. The molecule has 2 aromatic carbocycles. The van der Waals surface area contributed by atoms with Crippen LogP contribution in [0.1, 0.15) is 20.8 Å². The summed E-state index contributed by atoms with van der Waals surface area (Å²) < 4.78 is 0.533. The van der Waals surface area contributed by atoms with E-state index in [9.17, 15) is 4.79 Å². The van der Waals surface area contributed by atoms with Crippen LogP contribution in [0.2, 0.25) is 4.47 Å². The summed E-state index contributed by atoms with van der Waals surface area (Å²) >= 11 is 7.27. The number of aryl methyl sites for hydroxylation is 1. The average Bonchev–Trinajstić information content (AvgIpc) is 2.99. The number of thiazole rings is 1. The molecule has 4 nitrogen and oxygen atoms in total. The van der Waals surface area contributed by atoms with Gasteiger partial charge in [0, 0.05) is 28.0 Å². The number of aromatic nitrogens is 1. The standard InChI is InChI=1S/C18H16ClN3OS/c1-12-5-2-3-8-16(12)17(23)22-14-7-4-6-13(9-14)20-10-15-11-21-18(19)24-15/h2-9,11,20H,10H2,1H3,(H,22,23). The Hall–Kier alpha value is -2.37. The second kappa shape index (κ2) is 7.47. The zero-order valence-electron chi connectivity index (χ0n) is 13.0. The third kappa shape index (κ3) is 4.13. The van der Waals surface area contributed by atoms with E-state index in [2.05, 4.69) is 15.6 Å². The summed E-state index contributed by atoms with van der Waals surface area (Å²) in [4.78, 5) is 17.4. The molecule has 0 fully saturated rings. The van der Waals surface area contributed by atoms with Crippen LogP contribution in [0.4, 0.5) is 11.4 Å². The first-order valence-electron chi connectivity index (χ1n) is 7.43. The van der Waals surface area contributed by atoms with E-state index in [-0.39, 0.29) is 5.91 Å². The predicted octanol–water partition coefficient (Wildman–Crippen LogP) is 4.97. The third-order valence-corrected chi connectivity index (χ3v) is 4.62. The number of halogens is 1. The fourth-order valence-corrected chi connectivity index (χ4v) is 3.21. The summed E-state index contributed by atoms with van der Waals surface area (Å²) in [6.45, 7) is 2.56. The molecular formula is C18H16ClN3OS. The van der Waals surface area contributed by atoms with Gasteiger partial charge in [0.15, 0.2) is 4.47 Å². The number of nitrogens with zero attached hydrogens (tertiary/aromatic N) is 1. The van der Waals surface area contributed by atoms with E-state index < -0.39 is 0 Å². The SMILES string of the molecule is Cc1ccccc1C(=O)Nc1cccc(NCc2cnc(Cl)s2)c1. The van der Waals surface area contributed by atoms with Crippen LogP contribution < -0.4 is 10.6 Å². The van der Waals surface area contributed by atoms with Crippen molar-refractivity contribution in [3.8, 4) is 0 Å². The van der Waals surface area contributed by atoms with Crippen LogP contribution in [0.25, 0.3) is 0 Å². The maximum Gasteiger partial charge on any atom is 0.255 e. The molecule has 3 rings (SSSR count). The molecule has 0 saturated heterocycles. The highest BCUT2D eigenvalue weighted by Gasteiger charge is 2.08. The topological polar surface area (TPSA) is 54.0 Å². The number of nitrogens with one attached hydrogen (secondary N) is 2. The van der Waals surface area contributed by atoms with Crippen molar-refractivity contribution in [3.63, 3.8) is 0 Å². The van der Waals surface area contributed by atoms with E-state index in [0.29, 0.717) is 16.6 Å². The number of amides is 1. The maximum absolute atomic E-state index is 12.4. The van der Waals surface area contributed by atoms with E-state index in [1.54, 1.807) is 6.20 Å². The lowest BCUT2D eigenvalue weighted by Gasteiger charge is -2.10. The van der Waals surface area contributed by atoms with Crippen molar-refractivity contribution in [1.29, 1.82) is 0 Å². The van der Waals surface area contributed by atoms with Gasteiger partial charge in [0.1, 0.15) is 0 Å². The highest BCUT2D eigenvalue weighted by Crippen LogP contribution is 2.21. The van der Waals surface area contributed by atoms with Crippen LogP contribution in [0.5, 0.6) is 0 Å². The zero-order chi connectivity index (χ0) is 16.9. The van der Waals surface area contributed by atoms with Gasteiger partial charge in [-0.25, -0.2) is 4.98 Å². The molecule has 1 amide bonds. The van der Waals surface area contributed by atoms with E-state index >= 15 is 0 Å². The zero-order valence-corrected chi connectivity index (χ0v) is 14.6. The van der Waals surface area contributed by atoms with Gasteiger partial charge >= 0.3 is 0 Å². The lowest BCUT2D eigenvalue weighted by atomic mass is 10.1. The van der Waals surface area contributed by atoms with E-state index in [4.69, 9.17) is 11.6 Å². The highest BCUT2D eigenvalue weighted by atomic mass is 35.5. The van der Waals surface area contributed by atoms with E-state index in [0.717, 1.165) is 21.8 Å². The minimum Gasteiger partial charge on any atom is -0.380 e. The summed E-state index contributed by atoms with van der Waals surface area (Å²) in [5.41, 5.74) is 3.29. The quantitative estimate of drug-likeness (QED) is 0.677. The molecule has 0 spiro atoms. The fraction of sp³-hybridized carbons (Fsp3) is 0.111. The van der Waals surface area contributed by atoms with Gasteiger partial charge in [0.2, 0.25) is 0 Å². The molecule has 2 N–H and O–H groups in total. The monoisotopic (exact) mass is 357 g/mol. The summed E-state index contributed by atoms with van der Waals surface area (Å²) in [5.74, 6) is -0.112. The Morgan fingerprint density at radius 2 is 1.96 bits per heavy atom. The highest BCUT2D eigenvalue weighted by molar-refractivity contribution is 7.15. The van der Waals surface area contributed by atoms with E-state index in [1.807, 2.05) is 55.5 Å². The number of carbonyl (C=O) groups excluding carboxylic acids is 1. The Morgan fingerprint density at radius 3 is 2.71 bits per heavy atom. The molecule has 0 unspecified atom stereocenters. The van der Waals surface area contributed by atoms with E-state index in [1.165, 1.54) is 11.3 Å². The van der Waals surface area contributed by atoms with Gasteiger partial charge < -0.3 is 10.6 Å². The molecule has 0 aliphatic carbocycles. The van der Waals surface area contributed by atoms with Crippen LogP contribution in [0.15, 0.2) is 54.7 Å². The largest absolute Gasteiger partial charge is 0.380 e. The number of hydrogen-bond donors (Lipinski definition) is 2. The predicted molar refractivity (Wildman–Crippen MR) is 100 cm³/mol. The van der Waals surface area contributed by atoms with Crippen molar-refractivity contribution >= 4 is 40.2 Å². The van der Waals surface area contributed by atoms with Gasteiger partial charge in [-0.15, -0.1) is 11.3 Å². The van der Waals surface area contributed by atoms with Crippen LogP contribution >= 0.6 is 22.9 Å². The third-order valence-electron chi connectivity index (χ3n) is 3.50. The van der Waals surface area contributed by atoms with Crippen molar-refractivity contribution in [1.82, 2.24) is 4.98 Å². The van der Waals surface area contributed by atoms with Crippen molar-refractivity contribution in [2.75, 3.05) is 10.6 Å². The Balaban J connectivity index is 1.66. The molecule has 0 bridgehead atoms. The Kier molecular flexibility index (Phi) is 5.13. The summed E-state index contributed by atoms with van der Waals surface area (Å²) in [5, 5.41) is 6.23. The average molecular weight is 358 g/mol. The van der Waals surface area contributed by atoms with Gasteiger partial charge in [-0.05, 0) is 36.8 Å². The van der Waals surface area contributed by atoms with Crippen LogP contribution in [-0.4, -0.2) is 10.9 Å². The molecular weight excluding hydrogens is 342 g/mol. The normalized spacial score (nSPS) is 10.4. The molecule has 0 saturated carbocycles. The minimum absolute atomic E-state index is 0.112. The molecule has 1 aromatic heterocycles. The number of carbonyl (C=O) groups is 1. The van der Waals surface area contributed by atoms with Gasteiger partial charge in [-0.1, -0.05) is 35.9 Å². The number of hydrogen-bond acceptors (Lipinski definition) is 4. The number of benzene rings is 2. The Bertz CT molecular complexity index is 863. The molecule has 122 valence electrons.